The van der Waals surface area contributed by atoms with E-state index >= 15 is 0 Å². The van der Waals surface area contributed by atoms with Crippen LogP contribution >= 0.6 is 22.9 Å². The van der Waals surface area contributed by atoms with Gasteiger partial charge in [0.15, 0.2) is 0 Å². The number of hydrogen-bond donors (Lipinski definition) is 2. The molecule has 0 atom stereocenters. The third-order valence-electron chi connectivity index (χ3n) is 4.07. The molecule has 0 aliphatic heterocycles. The predicted octanol–water partition coefficient (Wildman–Crippen LogP) is 5.17. The molecular weight excluding hydrogens is 412 g/mol. The Morgan fingerprint density at radius 1 is 1.32 bits per heavy atom. The summed E-state index contributed by atoms with van der Waals surface area (Å²) in [6.45, 7) is -1.12. The van der Waals surface area contributed by atoms with E-state index in [9.17, 15) is 13.6 Å². The molecule has 3 aromatic heterocycles. The van der Waals surface area contributed by atoms with Gasteiger partial charge in [0.2, 0.25) is 5.88 Å². The van der Waals surface area contributed by atoms with Crippen LogP contribution in [0.2, 0.25) is 5.02 Å². The van der Waals surface area contributed by atoms with E-state index in [2.05, 4.69) is 30.3 Å². The average molecular weight is 426 g/mol. The quantitative estimate of drug-likeness (QED) is 0.588. The summed E-state index contributed by atoms with van der Waals surface area (Å²) >= 11 is 7.36. The van der Waals surface area contributed by atoms with Gasteiger partial charge >= 0.3 is 12.6 Å². The minimum Gasteiger partial charge on any atom is -0.415 e. The maximum Gasteiger partial charge on any atom is 0.388 e. The summed E-state index contributed by atoms with van der Waals surface area (Å²) in [7, 11) is 0. The molecule has 1 aliphatic rings. The van der Waals surface area contributed by atoms with E-state index < -0.39 is 18.5 Å². The number of aromatic nitrogens is 3. The molecule has 0 bridgehead atoms. The van der Waals surface area contributed by atoms with Crippen molar-refractivity contribution in [3.63, 3.8) is 0 Å². The van der Waals surface area contributed by atoms with Gasteiger partial charge in [-0.3, -0.25) is 0 Å². The zero-order chi connectivity index (χ0) is 19.8. The molecule has 0 spiro atoms. The topological polar surface area (TPSA) is 89.0 Å². The Labute approximate surface area is 167 Å². The average Bonchev–Trinajstić information content (AvgIpc) is 3.37. The molecular formula is C17H14ClF2N5O2S. The lowest BCUT2D eigenvalue weighted by atomic mass is 10.1. The second-order valence-electron chi connectivity index (χ2n) is 6.22. The van der Waals surface area contributed by atoms with Crippen LogP contribution in [0.1, 0.15) is 29.3 Å². The number of halogens is 3. The Hall–Kier alpha value is -2.59. The van der Waals surface area contributed by atoms with Gasteiger partial charge in [-0.2, -0.15) is 8.78 Å². The zero-order valence-electron chi connectivity index (χ0n) is 14.5. The number of amides is 2. The number of aryl methyl sites for hydroxylation is 1. The molecule has 2 amide bonds. The number of carbonyl (C=O) groups is 1. The molecule has 1 fully saturated rings. The Morgan fingerprint density at radius 2 is 2.11 bits per heavy atom. The fourth-order valence-corrected chi connectivity index (χ4v) is 3.82. The lowest BCUT2D eigenvalue weighted by Crippen LogP contribution is -2.20. The Bertz CT molecular complexity index is 1060. The van der Waals surface area contributed by atoms with E-state index in [1.54, 1.807) is 6.20 Å². The highest BCUT2D eigenvalue weighted by Crippen LogP contribution is 2.46. The first kappa shape index (κ1) is 18.8. The summed E-state index contributed by atoms with van der Waals surface area (Å²) in [4.78, 5) is 25.9. The summed E-state index contributed by atoms with van der Waals surface area (Å²) in [6, 6.07) is 0.745. The highest BCUT2D eigenvalue weighted by molar-refractivity contribution is 7.18. The van der Waals surface area contributed by atoms with Crippen molar-refractivity contribution in [3.8, 4) is 5.88 Å². The molecule has 0 unspecified atom stereocenters. The molecule has 7 nitrogen and oxygen atoms in total. The Balaban J connectivity index is 1.53. The first-order valence-electron chi connectivity index (χ1n) is 8.35. The summed E-state index contributed by atoms with van der Waals surface area (Å²) in [5.74, 6) is -0.0589. The molecule has 11 heteroatoms. The van der Waals surface area contributed by atoms with Crippen LogP contribution in [0.4, 0.5) is 25.0 Å². The Kier molecular flexibility index (Phi) is 4.98. The molecule has 146 valence electrons. The first-order valence-corrected chi connectivity index (χ1v) is 9.54. The third-order valence-corrected chi connectivity index (χ3v) is 5.22. The lowest BCUT2D eigenvalue weighted by Gasteiger charge is -2.12. The van der Waals surface area contributed by atoms with Gasteiger partial charge in [0.1, 0.15) is 15.4 Å². The van der Waals surface area contributed by atoms with Gasteiger partial charge in [-0.25, -0.2) is 19.7 Å². The number of nitrogens with one attached hydrogen (secondary N) is 2. The lowest BCUT2D eigenvalue weighted by molar-refractivity contribution is -0.0527. The highest BCUT2D eigenvalue weighted by Gasteiger charge is 2.30. The molecule has 1 saturated carbocycles. The number of pyridine rings is 2. The van der Waals surface area contributed by atoms with Crippen LogP contribution in [0.25, 0.3) is 10.3 Å². The monoisotopic (exact) mass is 425 g/mol. The van der Waals surface area contributed by atoms with E-state index in [0.29, 0.717) is 11.6 Å². The molecule has 0 saturated heterocycles. The number of thiazole rings is 1. The van der Waals surface area contributed by atoms with Gasteiger partial charge in [0.05, 0.1) is 28.8 Å². The summed E-state index contributed by atoms with van der Waals surface area (Å²) in [5.41, 5.74) is 2.63. The minimum absolute atomic E-state index is 0.141. The summed E-state index contributed by atoms with van der Waals surface area (Å²) < 4.78 is 28.7. The van der Waals surface area contributed by atoms with E-state index in [1.807, 2.05) is 6.92 Å². The summed E-state index contributed by atoms with van der Waals surface area (Å²) in [5, 5.41) is 6.12. The number of fused-ring (bicyclic) bond motifs is 1. The fourth-order valence-electron chi connectivity index (χ4n) is 2.83. The van der Waals surface area contributed by atoms with E-state index in [0.717, 1.165) is 33.8 Å². The van der Waals surface area contributed by atoms with Gasteiger partial charge in [0.25, 0.3) is 0 Å². The second kappa shape index (κ2) is 7.44. The van der Waals surface area contributed by atoms with Gasteiger partial charge in [-0.15, -0.1) is 0 Å². The maximum absolute atomic E-state index is 12.4. The predicted molar refractivity (Wildman–Crippen MR) is 103 cm³/mol. The number of anilines is 2. The van der Waals surface area contributed by atoms with Crippen molar-refractivity contribution in [2.75, 3.05) is 10.6 Å². The van der Waals surface area contributed by atoms with Crippen LogP contribution in [0.15, 0.2) is 18.5 Å². The SMILES string of the molecule is Cc1nc2c(C3CC3)c(NC(=O)Nc3cnc(OC(F)F)c(Cl)c3)cnc2s1. The highest BCUT2D eigenvalue weighted by atomic mass is 35.5. The summed E-state index contributed by atoms with van der Waals surface area (Å²) in [6.07, 6.45) is 4.88. The van der Waals surface area contributed by atoms with Crippen LogP contribution < -0.4 is 15.4 Å². The molecule has 4 rings (SSSR count). The van der Waals surface area contributed by atoms with Crippen molar-refractivity contribution in [2.45, 2.75) is 32.3 Å². The number of rotatable bonds is 5. The number of ether oxygens (including phenoxy) is 1. The molecule has 0 aromatic carbocycles. The van der Waals surface area contributed by atoms with E-state index in [1.165, 1.54) is 23.6 Å². The van der Waals surface area contributed by atoms with Crippen LogP contribution in [-0.2, 0) is 0 Å². The molecule has 0 radical (unpaired) electrons. The van der Waals surface area contributed by atoms with E-state index in [-0.39, 0.29) is 10.7 Å². The molecule has 3 heterocycles. The molecule has 2 N–H and O–H groups in total. The number of nitrogens with zero attached hydrogens (tertiary/aromatic N) is 3. The standard InChI is InChI=1S/C17H14ClF2N5O2S/c1-7-23-13-12(8-2-3-8)11(6-22-15(13)28-7)25-17(26)24-9-4-10(18)14(21-5-9)27-16(19)20/h4-6,8,16H,2-3H2,1H3,(H2,24,25,26). The fraction of sp³-hybridized carbons (Fsp3) is 0.294. The Morgan fingerprint density at radius 3 is 2.79 bits per heavy atom. The van der Waals surface area contributed by atoms with Gasteiger partial charge in [-0.1, -0.05) is 22.9 Å². The van der Waals surface area contributed by atoms with Crippen molar-refractivity contribution in [2.24, 2.45) is 0 Å². The molecule has 1 aliphatic carbocycles. The van der Waals surface area contributed by atoms with Crippen molar-refractivity contribution in [1.82, 2.24) is 15.0 Å². The zero-order valence-corrected chi connectivity index (χ0v) is 16.1. The van der Waals surface area contributed by atoms with Crippen molar-refractivity contribution in [1.29, 1.82) is 0 Å². The smallest absolute Gasteiger partial charge is 0.388 e. The normalized spacial score (nSPS) is 13.8. The van der Waals surface area contributed by atoms with Crippen molar-refractivity contribution < 1.29 is 18.3 Å². The van der Waals surface area contributed by atoms with E-state index in [4.69, 9.17) is 11.6 Å². The van der Waals surface area contributed by atoms with Gasteiger partial charge in [-0.05, 0) is 31.7 Å². The first-order chi connectivity index (χ1) is 13.4. The van der Waals surface area contributed by atoms with Crippen LogP contribution in [0.3, 0.4) is 0 Å². The van der Waals surface area contributed by atoms with Gasteiger partial charge < -0.3 is 15.4 Å². The molecule has 28 heavy (non-hydrogen) atoms. The number of alkyl halides is 2. The maximum atomic E-state index is 12.4. The van der Waals surface area contributed by atoms with Crippen molar-refractivity contribution in [3.05, 3.63) is 34.1 Å². The minimum atomic E-state index is -3.04. The number of hydrogen-bond acceptors (Lipinski definition) is 6. The number of urea groups is 1. The second-order valence-corrected chi connectivity index (χ2v) is 7.80. The van der Waals surface area contributed by atoms with Crippen LogP contribution in [-0.4, -0.2) is 27.6 Å². The van der Waals surface area contributed by atoms with Crippen molar-refractivity contribution >= 4 is 50.7 Å². The van der Waals surface area contributed by atoms with Gasteiger partial charge in [0, 0.05) is 5.56 Å². The largest absolute Gasteiger partial charge is 0.415 e. The molecule has 3 aromatic rings. The third kappa shape index (κ3) is 3.97. The number of carbonyl (C=O) groups excluding carboxylic acids is 1. The van der Waals surface area contributed by atoms with Crippen LogP contribution in [0, 0.1) is 6.92 Å². The van der Waals surface area contributed by atoms with Crippen LogP contribution in [0.5, 0.6) is 5.88 Å².